The molecular formula is C24H23FN2O4. The van der Waals surface area contributed by atoms with E-state index in [1.165, 1.54) is 11.0 Å². The molecule has 4 rings (SSSR count). The highest BCUT2D eigenvalue weighted by Crippen LogP contribution is 2.30. The fraction of sp³-hybridized carbons (Fsp3) is 0.333. The monoisotopic (exact) mass is 422 g/mol. The lowest BCUT2D eigenvalue weighted by Crippen LogP contribution is -2.44. The van der Waals surface area contributed by atoms with Crippen LogP contribution in [0.1, 0.15) is 70.5 Å². The number of rotatable bonds is 5. The van der Waals surface area contributed by atoms with Crippen molar-refractivity contribution < 1.29 is 23.6 Å². The number of halogens is 1. The molecule has 2 aliphatic rings. The van der Waals surface area contributed by atoms with E-state index in [-0.39, 0.29) is 42.2 Å². The zero-order valence-corrected chi connectivity index (χ0v) is 17.2. The number of amides is 2. The Morgan fingerprint density at radius 1 is 1.19 bits per heavy atom. The lowest BCUT2D eigenvalue weighted by molar-refractivity contribution is -0.133. The Balaban J connectivity index is 1.51. The van der Waals surface area contributed by atoms with Crippen molar-refractivity contribution in [3.63, 3.8) is 0 Å². The standard InChI is InChI=1S/C24H23FN2O4/c1-2-20(18-5-3-4-6-19(18)25)26-23(30)14-7-9-17-15(11-14)13-27(24(17)31)21-10-8-16(28)12-22(21)29/h3-7,9,11,20-21H,2,8,10,12-13H2,1H3,(H,26,30)/t20-,21?/m1/s1. The van der Waals surface area contributed by atoms with E-state index < -0.39 is 12.1 Å². The molecule has 7 heteroatoms. The highest BCUT2D eigenvalue weighted by Gasteiger charge is 2.39. The Bertz CT molecular complexity index is 1080. The van der Waals surface area contributed by atoms with E-state index in [2.05, 4.69) is 5.32 Å². The first-order valence-electron chi connectivity index (χ1n) is 10.4. The number of ketones is 2. The van der Waals surface area contributed by atoms with Crippen molar-refractivity contribution in [1.29, 1.82) is 0 Å². The van der Waals surface area contributed by atoms with Crippen LogP contribution in [0.15, 0.2) is 42.5 Å². The molecule has 1 N–H and O–H groups in total. The highest BCUT2D eigenvalue weighted by atomic mass is 19.1. The first kappa shape index (κ1) is 20.9. The van der Waals surface area contributed by atoms with E-state index >= 15 is 0 Å². The molecule has 2 aromatic carbocycles. The zero-order valence-electron chi connectivity index (χ0n) is 17.2. The molecule has 6 nitrogen and oxygen atoms in total. The van der Waals surface area contributed by atoms with E-state index in [4.69, 9.17) is 0 Å². The minimum absolute atomic E-state index is 0.0929. The third-order valence-corrected chi connectivity index (χ3v) is 6.01. The van der Waals surface area contributed by atoms with Gasteiger partial charge in [-0.05, 0) is 42.7 Å². The van der Waals surface area contributed by atoms with Gasteiger partial charge in [-0.1, -0.05) is 25.1 Å². The van der Waals surface area contributed by atoms with Crippen LogP contribution >= 0.6 is 0 Å². The Hall–Kier alpha value is -3.35. The Labute approximate surface area is 179 Å². The smallest absolute Gasteiger partial charge is 0.255 e. The second-order valence-electron chi connectivity index (χ2n) is 8.00. The maximum absolute atomic E-state index is 14.1. The van der Waals surface area contributed by atoms with Crippen LogP contribution in [-0.4, -0.2) is 34.3 Å². The molecule has 1 aliphatic heterocycles. The molecule has 1 fully saturated rings. The summed E-state index contributed by atoms with van der Waals surface area (Å²) in [4.78, 5) is 50.9. The van der Waals surface area contributed by atoms with E-state index in [0.717, 1.165) is 0 Å². The van der Waals surface area contributed by atoms with E-state index in [0.29, 0.717) is 41.5 Å². The first-order valence-corrected chi connectivity index (χ1v) is 10.4. The lowest BCUT2D eigenvalue weighted by Gasteiger charge is -2.29. The molecule has 0 saturated heterocycles. The second kappa shape index (κ2) is 8.41. The summed E-state index contributed by atoms with van der Waals surface area (Å²) in [7, 11) is 0. The molecule has 2 aromatic rings. The number of nitrogens with one attached hydrogen (secondary N) is 1. The minimum atomic E-state index is -0.597. The van der Waals surface area contributed by atoms with Gasteiger partial charge in [0.25, 0.3) is 11.8 Å². The molecule has 31 heavy (non-hydrogen) atoms. The second-order valence-corrected chi connectivity index (χ2v) is 8.00. The average molecular weight is 422 g/mol. The molecule has 0 spiro atoms. The topological polar surface area (TPSA) is 83.6 Å². The fourth-order valence-electron chi connectivity index (χ4n) is 4.32. The number of hydrogen-bond donors (Lipinski definition) is 1. The van der Waals surface area contributed by atoms with Gasteiger partial charge in [-0.2, -0.15) is 0 Å². The molecule has 0 radical (unpaired) electrons. The number of fused-ring (bicyclic) bond motifs is 1. The van der Waals surface area contributed by atoms with Crippen molar-refractivity contribution in [3.8, 4) is 0 Å². The third-order valence-electron chi connectivity index (χ3n) is 6.01. The van der Waals surface area contributed by atoms with Crippen LogP contribution in [-0.2, 0) is 16.1 Å². The molecule has 2 atom stereocenters. The summed E-state index contributed by atoms with van der Waals surface area (Å²) < 4.78 is 14.1. The third kappa shape index (κ3) is 4.00. The quantitative estimate of drug-likeness (QED) is 0.749. The van der Waals surface area contributed by atoms with Gasteiger partial charge in [0, 0.05) is 29.7 Å². The Morgan fingerprint density at radius 2 is 1.97 bits per heavy atom. The van der Waals surface area contributed by atoms with Gasteiger partial charge in [-0.25, -0.2) is 4.39 Å². The highest BCUT2D eigenvalue weighted by molar-refractivity contribution is 6.08. The van der Waals surface area contributed by atoms with Gasteiger partial charge < -0.3 is 10.2 Å². The summed E-state index contributed by atoms with van der Waals surface area (Å²) in [6, 6.07) is 10.1. The van der Waals surface area contributed by atoms with Gasteiger partial charge in [0.2, 0.25) is 0 Å². The number of carbonyl (C=O) groups excluding carboxylic acids is 4. The van der Waals surface area contributed by atoms with E-state index in [9.17, 15) is 23.6 Å². The fourth-order valence-corrected chi connectivity index (χ4v) is 4.32. The summed E-state index contributed by atoms with van der Waals surface area (Å²) >= 11 is 0. The van der Waals surface area contributed by atoms with Crippen LogP contribution in [0.4, 0.5) is 4.39 Å². The molecule has 0 aromatic heterocycles. The summed E-state index contributed by atoms with van der Waals surface area (Å²) in [5, 5.41) is 2.86. The molecular weight excluding hydrogens is 399 g/mol. The van der Waals surface area contributed by atoms with Crippen molar-refractivity contribution in [1.82, 2.24) is 10.2 Å². The van der Waals surface area contributed by atoms with E-state index in [1.54, 1.807) is 36.4 Å². The van der Waals surface area contributed by atoms with Crippen LogP contribution in [0.25, 0.3) is 0 Å². The van der Waals surface area contributed by atoms with Crippen LogP contribution in [0.5, 0.6) is 0 Å². The van der Waals surface area contributed by atoms with Gasteiger partial charge in [0.15, 0.2) is 5.78 Å². The molecule has 2 amide bonds. The average Bonchev–Trinajstić information content (AvgIpc) is 3.08. The van der Waals surface area contributed by atoms with Crippen molar-refractivity contribution in [2.75, 3.05) is 0 Å². The minimum Gasteiger partial charge on any atom is -0.345 e. The van der Waals surface area contributed by atoms with Crippen LogP contribution in [0.3, 0.4) is 0 Å². The molecule has 160 valence electrons. The van der Waals surface area contributed by atoms with Gasteiger partial charge >= 0.3 is 0 Å². The van der Waals surface area contributed by atoms with Gasteiger partial charge in [-0.3, -0.25) is 19.2 Å². The maximum Gasteiger partial charge on any atom is 0.255 e. The molecule has 1 unspecified atom stereocenters. The predicted octanol–water partition coefficient (Wildman–Crippen LogP) is 3.35. The lowest BCUT2D eigenvalue weighted by atomic mass is 9.92. The van der Waals surface area contributed by atoms with Gasteiger partial charge in [0.1, 0.15) is 11.6 Å². The molecule has 1 saturated carbocycles. The molecule has 0 bridgehead atoms. The summed E-state index contributed by atoms with van der Waals surface area (Å²) in [5.74, 6) is -1.31. The summed E-state index contributed by atoms with van der Waals surface area (Å²) in [5.41, 5.74) is 1.92. The van der Waals surface area contributed by atoms with Crippen molar-refractivity contribution in [3.05, 3.63) is 70.5 Å². The Kier molecular flexibility index (Phi) is 5.67. The van der Waals surface area contributed by atoms with Crippen molar-refractivity contribution in [2.45, 2.75) is 51.2 Å². The van der Waals surface area contributed by atoms with Crippen LogP contribution in [0.2, 0.25) is 0 Å². The maximum atomic E-state index is 14.1. The molecule has 1 aliphatic carbocycles. The number of nitrogens with zero attached hydrogens (tertiary/aromatic N) is 1. The Morgan fingerprint density at radius 3 is 2.68 bits per heavy atom. The van der Waals surface area contributed by atoms with Gasteiger partial charge in [0.05, 0.1) is 18.5 Å². The van der Waals surface area contributed by atoms with Crippen LogP contribution < -0.4 is 5.32 Å². The predicted molar refractivity (Wildman–Crippen MR) is 111 cm³/mol. The number of hydrogen-bond acceptors (Lipinski definition) is 4. The van der Waals surface area contributed by atoms with E-state index in [1.807, 2.05) is 6.92 Å². The van der Waals surface area contributed by atoms with Crippen molar-refractivity contribution >= 4 is 23.4 Å². The van der Waals surface area contributed by atoms with Crippen molar-refractivity contribution in [2.24, 2.45) is 0 Å². The number of Topliss-reactive ketones (excluding diaryl/α,β-unsaturated/α-hetero) is 2. The summed E-state index contributed by atoms with van der Waals surface area (Å²) in [6.07, 6.45) is 1.02. The normalized spacial score (nSPS) is 19.4. The van der Waals surface area contributed by atoms with Gasteiger partial charge in [-0.15, -0.1) is 0 Å². The summed E-state index contributed by atoms with van der Waals surface area (Å²) in [6.45, 7) is 2.09. The number of carbonyl (C=O) groups is 4. The number of benzene rings is 2. The zero-order chi connectivity index (χ0) is 22.1. The largest absolute Gasteiger partial charge is 0.345 e. The molecule has 1 heterocycles. The SMILES string of the molecule is CC[C@@H](NC(=O)c1ccc2c(c1)CN(C1CCC(=O)CC1=O)C2=O)c1ccccc1F. The van der Waals surface area contributed by atoms with Crippen LogP contribution in [0, 0.1) is 5.82 Å². The first-order chi connectivity index (χ1) is 14.9.